The van der Waals surface area contributed by atoms with Crippen LogP contribution in [0.5, 0.6) is 0 Å². The fourth-order valence-corrected chi connectivity index (χ4v) is 5.55. The van der Waals surface area contributed by atoms with Crippen molar-refractivity contribution in [1.82, 2.24) is 14.9 Å². The van der Waals surface area contributed by atoms with Gasteiger partial charge in [-0.1, -0.05) is 105 Å². The van der Waals surface area contributed by atoms with Crippen LogP contribution >= 0.6 is 0 Å². The standard InChI is InChI=1S/C37H41N3O6/c1-25(2)34-36(44)40(39(27(5)41)31(23-29-17-11-7-12-18-29)35(43)37(45)46-26(3)4)32(30-19-13-8-14-20-30)24-38(34)33(42)22-21-28-15-9-6-10-16-28/h6-20,24-26,31,34H,21-23H2,1-5H3/t31-,34?/m0/s1. The van der Waals surface area contributed by atoms with Crippen molar-refractivity contribution in [1.29, 1.82) is 0 Å². The summed E-state index contributed by atoms with van der Waals surface area (Å²) in [5, 5.41) is 2.23. The topological polar surface area (TPSA) is 104 Å². The average Bonchev–Trinajstić information content (AvgIpc) is 3.04. The van der Waals surface area contributed by atoms with Gasteiger partial charge in [-0.2, -0.15) is 0 Å². The molecule has 9 heteroatoms. The Bertz CT molecular complexity index is 1570. The van der Waals surface area contributed by atoms with Crippen LogP contribution in [-0.4, -0.2) is 62.6 Å². The zero-order valence-corrected chi connectivity index (χ0v) is 27.0. The highest BCUT2D eigenvalue weighted by molar-refractivity contribution is 6.36. The number of ether oxygens (including phenoxy) is 1. The van der Waals surface area contributed by atoms with Crippen molar-refractivity contribution < 1.29 is 28.7 Å². The first-order valence-electron chi connectivity index (χ1n) is 15.5. The molecular weight excluding hydrogens is 582 g/mol. The molecule has 1 unspecified atom stereocenters. The molecule has 4 rings (SSSR count). The van der Waals surface area contributed by atoms with Crippen LogP contribution in [0.2, 0.25) is 0 Å². The normalized spacial score (nSPS) is 15.4. The number of hydrogen-bond acceptors (Lipinski definition) is 6. The van der Waals surface area contributed by atoms with Crippen LogP contribution in [0.3, 0.4) is 0 Å². The second-order valence-electron chi connectivity index (χ2n) is 11.9. The highest BCUT2D eigenvalue weighted by Crippen LogP contribution is 2.34. The first-order valence-corrected chi connectivity index (χ1v) is 15.5. The molecule has 1 heterocycles. The van der Waals surface area contributed by atoms with Crippen molar-refractivity contribution >= 4 is 35.2 Å². The molecule has 46 heavy (non-hydrogen) atoms. The van der Waals surface area contributed by atoms with Gasteiger partial charge in [-0.05, 0) is 37.3 Å². The first-order chi connectivity index (χ1) is 22.0. The van der Waals surface area contributed by atoms with Gasteiger partial charge in [0.25, 0.3) is 11.7 Å². The van der Waals surface area contributed by atoms with Gasteiger partial charge in [-0.25, -0.2) is 14.8 Å². The summed E-state index contributed by atoms with van der Waals surface area (Å²) in [5.74, 6) is -3.87. The second-order valence-corrected chi connectivity index (χ2v) is 11.9. The van der Waals surface area contributed by atoms with Crippen LogP contribution in [0.1, 0.15) is 57.7 Å². The lowest BCUT2D eigenvalue weighted by Crippen LogP contribution is -2.64. The molecule has 0 N–H and O–H groups in total. The third-order valence-electron chi connectivity index (χ3n) is 7.66. The van der Waals surface area contributed by atoms with Crippen LogP contribution in [0, 0.1) is 5.92 Å². The zero-order valence-electron chi connectivity index (χ0n) is 27.0. The van der Waals surface area contributed by atoms with E-state index in [9.17, 15) is 24.0 Å². The van der Waals surface area contributed by atoms with Crippen molar-refractivity contribution in [2.45, 2.75) is 72.1 Å². The maximum Gasteiger partial charge on any atom is 0.377 e. The summed E-state index contributed by atoms with van der Waals surface area (Å²) in [5.41, 5.74) is 2.44. The second kappa shape index (κ2) is 15.3. The third kappa shape index (κ3) is 7.96. The van der Waals surface area contributed by atoms with Crippen LogP contribution in [0.25, 0.3) is 5.70 Å². The fourth-order valence-electron chi connectivity index (χ4n) is 5.55. The number of hydrazine groups is 1. The van der Waals surface area contributed by atoms with E-state index in [1.807, 2.05) is 56.3 Å². The van der Waals surface area contributed by atoms with Crippen molar-refractivity contribution in [3.63, 3.8) is 0 Å². The highest BCUT2D eigenvalue weighted by atomic mass is 16.5. The van der Waals surface area contributed by atoms with Crippen LogP contribution < -0.4 is 0 Å². The SMILES string of the molecule is CC(=O)N([C@@H](Cc1ccccc1)C(=O)C(=O)OC(C)C)N1C(=O)C(C(C)C)N(C(=O)CCc2ccccc2)C=C1c1ccccc1. The molecule has 1 aliphatic heterocycles. The van der Waals surface area contributed by atoms with Gasteiger partial charge in [-0.15, -0.1) is 0 Å². The maximum absolute atomic E-state index is 14.7. The molecule has 0 spiro atoms. The number of ketones is 1. The third-order valence-corrected chi connectivity index (χ3v) is 7.66. The van der Waals surface area contributed by atoms with Crippen molar-refractivity contribution in [2.24, 2.45) is 5.92 Å². The minimum absolute atomic E-state index is 0.0512. The van der Waals surface area contributed by atoms with Crippen molar-refractivity contribution in [3.05, 3.63) is 114 Å². The number of carbonyl (C=O) groups excluding carboxylic acids is 5. The summed E-state index contributed by atoms with van der Waals surface area (Å²) in [6.07, 6.45) is 1.60. The molecular formula is C37H41N3O6. The molecule has 3 amide bonds. The summed E-state index contributed by atoms with van der Waals surface area (Å²) in [4.78, 5) is 70.5. The van der Waals surface area contributed by atoms with E-state index < -0.39 is 41.8 Å². The summed E-state index contributed by atoms with van der Waals surface area (Å²) in [7, 11) is 0. The molecule has 3 aromatic rings. The minimum Gasteiger partial charge on any atom is -0.457 e. The van der Waals surface area contributed by atoms with Crippen LogP contribution in [-0.2, 0) is 41.6 Å². The van der Waals surface area contributed by atoms with Crippen LogP contribution in [0.4, 0.5) is 0 Å². The maximum atomic E-state index is 14.7. The average molecular weight is 624 g/mol. The van der Waals surface area contributed by atoms with E-state index in [4.69, 9.17) is 4.74 Å². The Kier molecular flexibility index (Phi) is 11.2. The van der Waals surface area contributed by atoms with E-state index >= 15 is 0 Å². The largest absolute Gasteiger partial charge is 0.457 e. The van der Waals surface area contributed by atoms with E-state index in [2.05, 4.69) is 0 Å². The number of nitrogens with zero attached hydrogens (tertiary/aromatic N) is 3. The van der Waals surface area contributed by atoms with Gasteiger partial charge in [-0.3, -0.25) is 19.2 Å². The molecule has 9 nitrogen and oxygen atoms in total. The molecule has 0 radical (unpaired) electrons. The smallest absolute Gasteiger partial charge is 0.377 e. The lowest BCUT2D eigenvalue weighted by Gasteiger charge is -2.46. The van der Waals surface area contributed by atoms with Crippen molar-refractivity contribution in [3.8, 4) is 0 Å². The van der Waals surface area contributed by atoms with E-state index in [0.29, 0.717) is 17.5 Å². The van der Waals surface area contributed by atoms with Gasteiger partial charge in [0.15, 0.2) is 0 Å². The Morgan fingerprint density at radius 3 is 1.87 bits per heavy atom. The minimum atomic E-state index is -1.41. The van der Waals surface area contributed by atoms with Gasteiger partial charge in [0.2, 0.25) is 11.8 Å². The number of esters is 1. The predicted octanol–water partition coefficient (Wildman–Crippen LogP) is 5.21. The molecule has 240 valence electrons. The molecule has 0 fully saturated rings. The molecule has 3 aromatic carbocycles. The molecule has 0 aromatic heterocycles. The Balaban J connectivity index is 1.85. The summed E-state index contributed by atoms with van der Waals surface area (Å²) >= 11 is 0. The Hall–Kier alpha value is -5.05. The van der Waals surface area contributed by atoms with Gasteiger partial charge in [0, 0.05) is 31.5 Å². The molecule has 1 aliphatic rings. The van der Waals surface area contributed by atoms with E-state index in [1.54, 1.807) is 68.6 Å². The molecule has 0 saturated heterocycles. The number of aryl methyl sites for hydroxylation is 1. The predicted molar refractivity (Wildman–Crippen MR) is 174 cm³/mol. The van der Waals surface area contributed by atoms with Gasteiger partial charge in [0.05, 0.1) is 11.8 Å². The molecule has 0 saturated carbocycles. The number of Topliss-reactive ketones (excluding diaryl/α,β-unsaturated/α-hetero) is 1. The fraction of sp³-hybridized carbons (Fsp3) is 0.324. The molecule has 2 atom stereocenters. The molecule has 0 bridgehead atoms. The van der Waals surface area contributed by atoms with E-state index in [1.165, 1.54) is 16.8 Å². The number of amides is 3. The van der Waals surface area contributed by atoms with E-state index in [0.717, 1.165) is 10.6 Å². The summed E-state index contributed by atoms with van der Waals surface area (Å²) in [6, 6.07) is 25.1. The number of benzene rings is 3. The summed E-state index contributed by atoms with van der Waals surface area (Å²) in [6.45, 7) is 8.15. The number of rotatable bonds is 12. The number of carbonyl (C=O) groups is 5. The van der Waals surface area contributed by atoms with Crippen molar-refractivity contribution in [2.75, 3.05) is 0 Å². The lowest BCUT2D eigenvalue weighted by atomic mass is 9.96. The van der Waals surface area contributed by atoms with Gasteiger partial charge >= 0.3 is 5.97 Å². The molecule has 0 aliphatic carbocycles. The Morgan fingerprint density at radius 2 is 1.35 bits per heavy atom. The lowest BCUT2D eigenvalue weighted by molar-refractivity contribution is -0.172. The van der Waals surface area contributed by atoms with Crippen LogP contribution in [0.15, 0.2) is 97.2 Å². The van der Waals surface area contributed by atoms with Gasteiger partial charge in [0.1, 0.15) is 12.1 Å². The quantitative estimate of drug-likeness (QED) is 0.203. The van der Waals surface area contributed by atoms with Gasteiger partial charge < -0.3 is 9.64 Å². The monoisotopic (exact) mass is 623 g/mol. The van der Waals surface area contributed by atoms with E-state index in [-0.39, 0.29) is 30.4 Å². The summed E-state index contributed by atoms with van der Waals surface area (Å²) < 4.78 is 5.26. The Morgan fingerprint density at radius 1 is 0.804 bits per heavy atom. The number of hydrogen-bond donors (Lipinski definition) is 0. The first kappa shape index (κ1) is 33.8. The highest BCUT2D eigenvalue weighted by Gasteiger charge is 2.47. The Labute approximate surface area is 270 Å². The zero-order chi connectivity index (χ0) is 33.4.